The van der Waals surface area contributed by atoms with Gasteiger partial charge in [-0.1, -0.05) is 70.0 Å². The number of hydrogen-bond acceptors (Lipinski definition) is 1. The van der Waals surface area contributed by atoms with Crippen molar-refractivity contribution in [2.45, 2.75) is 44.0 Å². The van der Waals surface area contributed by atoms with Gasteiger partial charge in [0.25, 0.3) is 0 Å². The molecule has 0 aromatic carbocycles. The van der Waals surface area contributed by atoms with Gasteiger partial charge in [0.1, 0.15) is 0 Å². The fourth-order valence-corrected chi connectivity index (χ4v) is 4.38. The van der Waals surface area contributed by atoms with Crippen LogP contribution in [0.2, 0.25) is 0 Å². The van der Waals surface area contributed by atoms with Crippen molar-refractivity contribution in [2.75, 3.05) is 0 Å². The molecular weight excluding hydrogens is 356 g/mol. The molecule has 2 rings (SSSR count). The van der Waals surface area contributed by atoms with E-state index in [1.165, 1.54) is 11.1 Å². The first kappa shape index (κ1) is 14.5. The fraction of sp³-hybridized carbons (Fsp3) is 0.600. The van der Waals surface area contributed by atoms with Crippen molar-refractivity contribution in [3.63, 3.8) is 0 Å². The topological polar surface area (TPSA) is 20.2 Å². The van der Waals surface area contributed by atoms with E-state index in [0.717, 1.165) is 12.8 Å². The molecule has 0 aromatic heterocycles. The second-order valence-corrected chi connectivity index (χ2v) is 7.43. The van der Waals surface area contributed by atoms with Gasteiger partial charge in [0.2, 0.25) is 0 Å². The predicted octanol–water partition coefficient (Wildman–Crippen LogP) is 4.71. The molecule has 2 aliphatic rings. The molecule has 1 nitrogen and oxygen atoms in total. The maximum atomic E-state index is 10.1. The molecule has 1 fully saturated rings. The summed E-state index contributed by atoms with van der Waals surface area (Å²) in [6.07, 6.45) is 6.98. The molecule has 100 valence electrons. The summed E-state index contributed by atoms with van der Waals surface area (Å²) in [5.74, 6) is 0. The third-order valence-electron chi connectivity index (χ3n) is 4.79. The van der Waals surface area contributed by atoms with Gasteiger partial charge >= 0.3 is 0 Å². The number of hydrogen-bond donors (Lipinski definition) is 1. The maximum absolute atomic E-state index is 10.1. The van der Waals surface area contributed by atoms with Crippen molar-refractivity contribution in [3.05, 3.63) is 34.9 Å². The van der Waals surface area contributed by atoms with Crippen LogP contribution < -0.4 is 0 Å². The third kappa shape index (κ3) is 1.99. The lowest BCUT2D eigenvalue weighted by Gasteiger charge is -2.55. The Morgan fingerprint density at radius 1 is 1.50 bits per heavy atom. The average Bonchev–Trinajstić information content (AvgIpc) is 2.35. The van der Waals surface area contributed by atoms with Crippen molar-refractivity contribution in [3.8, 4) is 0 Å². The summed E-state index contributed by atoms with van der Waals surface area (Å²) < 4.78 is 0. The number of rotatable bonds is 0. The SMILES string of the molecule is C=C1C[C@@H](O)[C@@H](Br)C(C)(C)[C@@]12C=C/C(=C/Br)CC2. The van der Waals surface area contributed by atoms with Crippen molar-refractivity contribution in [2.24, 2.45) is 10.8 Å². The molecule has 1 spiro atoms. The Labute approximate surface area is 126 Å². The minimum absolute atomic E-state index is 0.0000926. The van der Waals surface area contributed by atoms with E-state index >= 15 is 0 Å². The first-order valence-electron chi connectivity index (χ1n) is 6.34. The number of alkyl halides is 1. The summed E-state index contributed by atoms with van der Waals surface area (Å²) in [4.78, 5) is 2.10. The highest BCUT2D eigenvalue weighted by molar-refractivity contribution is 9.11. The molecular formula is C15H20Br2O. The molecule has 0 aromatic rings. The van der Waals surface area contributed by atoms with E-state index in [0.29, 0.717) is 6.42 Å². The maximum Gasteiger partial charge on any atom is 0.0708 e. The third-order valence-corrected chi connectivity index (χ3v) is 7.14. The smallest absolute Gasteiger partial charge is 0.0708 e. The zero-order valence-corrected chi connectivity index (χ0v) is 14.1. The zero-order valence-electron chi connectivity index (χ0n) is 10.9. The molecule has 18 heavy (non-hydrogen) atoms. The van der Waals surface area contributed by atoms with Gasteiger partial charge in [-0.3, -0.25) is 0 Å². The minimum Gasteiger partial charge on any atom is -0.392 e. The van der Waals surface area contributed by atoms with Crippen LogP contribution in [-0.2, 0) is 0 Å². The van der Waals surface area contributed by atoms with Crippen LogP contribution in [0.1, 0.15) is 33.1 Å². The number of aliphatic hydroxyl groups is 1. The van der Waals surface area contributed by atoms with Gasteiger partial charge in [-0.2, -0.15) is 0 Å². The number of aliphatic hydroxyl groups excluding tert-OH is 1. The van der Waals surface area contributed by atoms with Gasteiger partial charge in [-0.25, -0.2) is 0 Å². The van der Waals surface area contributed by atoms with Gasteiger partial charge in [-0.15, -0.1) is 0 Å². The van der Waals surface area contributed by atoms with Gasteiger partial charge in [0, 0.05) is 10.2 Å². The Hall–Kier alpha value is 0.140. The van der Waals surface area contributed by atoms with Gasteiger partial charge < -0.3 is 5.11 Å². The van der Waals surface area contributed by atoms with Gasteiger partial charge in [-0.05, 0) is 35.2 Å². The molecule has 0 bridgehead atoms. The van der Waals surface area contributed by atoms with Gasteiger partial charge in [0.15, 0.2) is 0 Å². The normalized spacial score (nSPS) is 41.6. The van der Waals surface area contributed by atoms with Crippen molar-refractivity contribution in [1.82, 2.24) is 0 Å². The molecule has 0 heterocycles. The van der Waals surface area contributed by atoms with Crippen LogP contribution in [0.5, 0.6) is 0 Å². The van der Waals surface area contributed by atoms with Crippen molar-refractivity contribution < 1.29 is 5.11 Å². The first-order chi connectivity index (χ1) is 8.35. The minimum atomic E-state index is -0.334. The summed E-state index contributed by atoms with van der Waals surface area (Å²) in [5, 5.41) is 10.1. The molecule has 3 heteroatoms. The second-order valence-electron chi connectivity index (χ2n) is 5.99. The summed E-state index contributed by atoms with van der Waals surface area (Å²) in [7, 11) is 0. The van der Waals surface area contributed by atoms with Crippen LogP contribution in [0.25, 0.3) is 0 Å². The monoisotopic (exact) mass is 374 g/mol. The fourth-order valence-electron chi connectivity index (χ4n) is 3.40. The quantitative estimate of drug-likeness (QED) is 0.480. The van der Waals surface area contributed by atoms with E-state index in [9.17, 15) is 5.11 Å². The van der Waals surface area contributed by atoms with Crippen molar-refractivity contribution in [1.29, 1.82) is 0 Å². The Kier molecular flexibility index (Phi) is 3.97. The predicted molar refractivity (Wildman–Crippen MR) is 84.1 cm³/mol. The Bertz CT molecular complexity index is 422. The summed E-state index contributed by atoms with van der Waals surface area (Å²) in [6, 6.07) is 0. The summed E-state index contributed by atoms with van der Waals surface area (Å²) in [6.45, 7) is 8.72. The van der Waals surface area contributed by atoms with Crippen LogP contribution in [0.15, 0.2) is 34.9 Å². The van der Waals surface area contributed by atoms with Crippen molar-refractivity contribution >= 4 is 31.9 Å². The number of allylic oxidation sites excluding steroid dienone is 3. The highest BCUT2D eigenvalue weighted by Crippen LogP contribution is 2.60. The molecule has 0 aliphatic heterocycles. The van der Waals surface area contributed by atoms with E-state index < -0.39 is 0 Å². The lowest BCUT2D eigenvalue weighted by molar-refractivity contribution is 0.0288. The van der Waals surface area contributed by atoms with Crippen LogP contribution in [0.3, 0.4) is 0 Å². The highest BCUT2D eigenvalue weighted by atomic mass is 79.9. The Morgan fingerprint density at radius 3 is 2.67 bits per heavy atom. The Balaban J connectivity index is 2.45. The van der Waals surface area contributed by atoms with E-state index in [2.05, 4.69) is 64.4 Å². The second kappa shape index (κ2) is 4.92. The largest absolute Gasteiger partial charge is 0.392 e. The van der Waals surface area contributed by atoms with E-state index in [-0.39, 0.29) is 21.8 Å². The molecule has 0 radical (unpaired) electrons. The van der Waals surface area contributed by atoms with E-state index in [1.807, 2.05) is 4.99 Å². The van der Waals surface area contributed by atoms with Crippen LogP contribution >= 0.6 is 31.9 Å². The first-order valence-corrected chi connectivity index (χ1v) is 8.17. The highest BCUT2D eigenvalue weighted by Gasteiger charge is 2.54. The molecule has 2 aliphatic carbocycles. The zero-order chi connectivity index (χ0) is 13.6. The standard InChI is InChI=1S/C15H20Br2O/c1-10-8-12(18)13(17)14(2,3)15(10)6-4-11(9-16)5-7-15/h4,6,9,12-13,18H,1,5,7-8H2,2-3H3/b11-9-/t12-,13-,15-/m1/s1. The average molecular weight is 376 g/mol. The molecule has 0 unspecified atom stereocenters. The molecule has 0 amide bonds. The molecule has 0 saturated heterocycles. The van der Waals surface area contributed by atoms with E-state index in [1.54, 1.807) is 0 Å². The van der Waals surface area contributed by atoms with Gasteiger partial charge in [0.05, 0.1) is 6.10 Å². The summed E-state index contributed by atoms with van der Waals surface area (Å²) in [5.41, 5.74) is 2.46. The number of halogens is 2. The Morgan fingerprint density at radius 2 is 2.17 bits per heavy atom. The van der Waals surface area contributed by atoms with Crippen LogP contribution in [0.4, 0.5) is 0 Å². The van der Waals surface area contributed by atoms with Crippen LogP contribution in [-0.4, -0.2) is 16.0 Å². The molecule has 1 saturated carbocycles. The molecule has 3 atom stereocenters. The lowest BCUT2D eigenvalue weighted by atomic mass is 9.52. The molecule has 1 N–H and O–H groups in total. The lowest BCUT2D eigenvalue weighted by Crippen LogP contribution is -2.53. The van der Waals surface area contributed by atoms with E-state index in [4.69, 9.17) is 0 Å². The van der Waals surface area contributed by atoms with Crippen LogP contribution in [0, 0.1) is 10.8 Å². The summed E-state index contributed by atoms with van der Waals surface area (Å²) >= 11 is 7.10.